The summed E-state index contributed by atoms with van der Waals surface area (Å²) in [6, 6.07) is 7.42. The van der Waals surface area contributed by atoms with Gasteiger partial charge in [-0.1, -0.05) is 19.1 Å². The predicted octanol–water partition coefficient (Wildman–Crippen LogP) is 2.82. The van der Waals surface area contributed by atoms with Gasteiger partial charge in [0.2, 0.25) is 0 Å². The lowest BCUT2D eigenvalue weighted by Gasteiger charge is -2.02. The average molecular weight is 217 g/mol. The van der Waals surface area contributed by atoms with Gasteiger partial charge >= 0.3 is 0 Å². The van der Waals surface area contributed by atoms with Gasteiger partial charge in [0.05, 0.1) is 13.2 Å². The first-order valence-electron chi connectivity index (χ1n) is 4.67. The molecule has 0 bridgehead atoms. The molecule has 1 aromatic rings. The van der Waals surface area contributed by atoms with Gasteiger partial charge in [-0.3, -0.25) is 0 Å². The van der Waals surface area contributed by atoms with E-state index in [4.69, 9.17) is 21.4 Å². The van der Waals surface area contributed by atoms with Crippen LogP contribution in [0.15, 0.2) is 24.3 Å². The van der Waals surface area contributed by atoms with E-state index in [-0.39, 0.29) is 6.61 Å². The predicted molar refractivity (Wildman–Crippen MR) is 59.9 cm³/mol. The molecule has 0 radical (unpaired) electrons. The third-order valence-electron chi connectivity index (χ3n) is 1.42. The van der Waals surface area contributed by atoms with Crippen LogP contribution in [0.25, 0.3) is 0 Å². The number of benzene rings is 1. The molecule has 0 saturated carbocycles. The number of hydrogen-bond acceptors (Lipinski definition) is 2. The Bertz CT molecular complexity index is 221. The van der Waals surface area contributed by atoms with Crippen molar-refractivity contribution in [3.8, 4) is 5.75 Å². The van der Waals surface area contributed by atoms with Crippen molar-refractivity contribution >= 4 is 11.6 Å². The number of hydrogen-bond donors (Lipinski definition) is 1. The molecule has 0 aliphatic carbocycles. The van der Waals surface area contributed by atoms with Gasteiger partial charge in [0.15, 0.2) is 0 Å². The normalized spacial score (nSPS) is 8.86. The summed E-state index contributed by atoms with van der Waals surface area (Å²) >= 11 is 5.00. The van der Waals surface area contributed by atoms with Crippen molar-refractivity contribution in [2.75, 3.05) is 12.5 Å². The minimum atomic E-state index is 0.0897. The zero-order valence-electron chi connectivity index (χ0n) is 8.66. The second kappa shape index (κ2) is 8.85. The molecule has 0 unspecified atom stereocenters. The summed E-state index contributed by atoms with van der Waals surface area (Å²) < 4.78 is 5.22. The molecule has 0 fully saturated rings. The number of alkyl halides is 1. The number of aliphatic hydroxyl groups is 1. The first kappa shape index (κ1) is 13.3. The average Bonchev–Trinajstić information content (AvgIpc) is 2.21. The highest BCUT2D eigenvalue weighted by Crippen LogP contribution is 2.11. The maximum atomic E-state index is 8.72. The van der Waals surface area contributed by atoms with Crippen LogP contribution in [0.4, 0.5) is 0 Å². The van der Waals surface area contributed by atoms with Crippen molar-refractivity contribution < 1.29 is 9.84 Å². The van der Waals surface area contributed by atoms with E-state index in [0.29, 0.717) is 6.61 Å². The molecule has 0 heterocycles. The van der Waals surface area contributed by atoms with Crippen LogP contribution in [-0.2, 0) is 6.61 Å². The quantitative estimate of drug-likeness (QED) is 0.788. The second-order valence-corrected chi connectivity index (χ2v) is 3.04. The van der Waals surface area contributed by atoms with Crippen molar-refractivity contribution in [1.29, 1.82) is 0 Å². The van der Waals surface area contributed by atoms with Crippen LogP contribution in [0.5, 0.6) is 5.75 Å². The zero-order valence-corrected chi connectivity index (χ0v) is 9.42. The van der Waals surface area contributed by atoms with Gasteiger partial charge in [-0.2, -0.15) is 0 Å². The highest BCUT2D eigenvalue weighted by Gasteiger charge is 1.91. The molecule has 2 nitrogen and oxygen atoms in total. The van der Waals surface area contributed by atoms with Crippen LogP contribution >= 0.6 is 11.6 Å². The van der Waals surface area contributed by atoms with E-state index in [1.807, 2.05) is 38.1 Å². The number of ether oxygens (including phenoxy) is 1. The van der Waals surface area contributed by atoms with Gasteiger partial charge in [-0.15, -0.1) is 11.6 Å². The van der Waals surface area contributed by atoms with E-state index in [1.165, 1.54) is 0 Å². The first-order valence-corrected chi connectivity index (χ1v) is 5.20. The van der Waals surface area contributed by atoms with Crippen molar-refractivity contribution in [1.82, 2.24) is 0 Å². The Kier molecular flexibility index (Phi) is 8.39. The van der Waals surface area contributed by atoms with Gasteiger partial charge < -0.3 is 9.84 Å². The first-order chi connectivity index (χ1) is 6.78. The monoisotopic (exact) mass is 216 g/mol. The fourth-order valence-corrected chi connectivity index (χ4v) is 0.858. The van der Waals surface area contributed by atoms with Crippen LogP contribution in [0, 0.1) is 0 Å². The van der Waals surface area contributed by atoms with Crippen molar-refractivity contribution in [3.63, 3.8) is 0 Å². The molecular weight excluding hydrogens is 200 g/mol. The largest absolute Gasteiger partial charge is 0.494 e. The van der Waals surface area contributed by atoms with Gasteiger partial charge in [0, 0.05) is 5.88 Å². The molecule has 0 aliphatic rings. The van der Waals surface area contributed by atoms with E-state index < -0.39 is 0 Å². The lowest BCUT2D eigenvalue weighted by Crippen LogP contribution is -1.91. The van der Waals surface area contributed by atoms with E-state index in [0.717, 1.165) is 17.2 Å². The lowest BCUT2D eigenvalue weighted by molar-refractivity contribution is 0.281. The molecule has 0 atom stereocenters. The maximum Gasteiger partial charge on any atom is 0.119 e. The molecule has 0 amide bonds. The standard InChI is InChI=1S/C9H12O2.C2H5Cl/c1-2-11-9-5-3-8(7-10)4-6-9;1-2-3/h3-6,10H,2,7H2,1H3;2H2,1H3. The summed E-state index contributed by atoms with van der Waals surface area (Å²) in [5, 5.41) is 8.72. The minimum absolute atomic E-state index is 0.0897. The summed E-state index contributed by atoms with van der Waals surface area (Å²) in [6.45, 7) is 4.60. The molecular formula is C11H17ClO2. The Morgan fingerprint density at radius 3 is 2.07 bits per heavy atom. The Labute approximate surface area is 90.5 Å². The second-order valence-electron chi connectivity index (χ2n) is 2.50. The lowest BCUT2D eigenvalue weighted by atomic mass is 10.2. The van der Waals surface area contributed by atoms with Crippen LogP contribution in [0.3, 0.4) is 0 Å². The van der Waals surface area contributed by atoms with Crippen LogP contribution in [-0.4, -0.2) is 17.6 Å². The molecule has 80 valence electrons. The highest BCUT2D eigenvalue weighted by atomic mass is 35.5. The van der Waals surface area contributed by atoms with Gasteiger partial charge in [0.1, 0.15) is 5.75 Å². The highest BCUT2D eigenvalue weighted by molar-refractivity contribution is 6.17. The maximum absolute atomic E-state index is 8.72. The molecule has 1 N–H and O–H groups in total. The summed E-state index contributed by atoms with van der Waals surface area (Å²) in [5.74, 6) is 1.57. The molecule has 0 spiro atoms. The third kappa shape index (κ3) is 5.84. The molecule has 0 aliphatic heterocycles. The summed E-state index contributed by atoms with van der Waals surface area (Å²) in [7, 11) is 0. The van der Waals surface area contributed by atoms with Gasteiger partial charge in [0.25, 0.3) is 0 Å². The molecule has 0 saturated heterocycles. The van der Waals surface area contributed by atoms with Crippen LogP contribution in [0.2, 0.25) is 0 Å². The van der Waals surface area contributed by atoms with Gasteiger partial charge in [-0.25, -0.2) is 0 Å². The SMILES string of the molecule is CCCl.CCOc1ccc(CO)cc1. The van der Waals surface area contributed by atoms with E-state index in [1.54, 1.807) is 0 Å². The third-order valence-corrected chi connectivity index (χ3v) is 1.42. The van der Waals surface area contributed by atoms with Gasteiger partial charge in [-0.05, 0) is 24.6 Å². The topological polar surface area (TPSA) is 29.5 Å². The van der Waals surface area contributed by atoms with Crippen molar-refractivity contribution in [2.45, 2.75) is 20.5 Å². The summed E-state index contributed by atoms with van der Waals surface area (Å²) in [5.41, 5.74) is 0.911. The Balaban J connectivity index is 0.000000500. The minimum Gasteiger partial charge on any atom is -0.494 e. The van der Waals surface area contributed by atoms with E-state index in [2.05, 4.69) is 0 Å². The number of aliphatic hydroxyl groups excluding tert-OH is 1. The fraction of sp³-hybridized carbons (Fsp3) is 0.455. The van der Waals surface area contributed by atoms with Crippen molar-refractivity contribution in [3.05, 3.63) is 29.8 Å². The summed E-state index contributed by atoms with van der Waals surface area (Å²) in [6.07, 6.45) is 0. The zero-order chi connectivity index (χ0) is 10.8. The molecule has 1 rings (SSSR count). The number of halogens is 1. The molecule has 1 aromatic carbocycles. The van der Waals surface area contributed by atoms with E-state index in [9.17, 15) is 0 Å². The van der Waals surface area contributed by atoms with E-state index >= 15 is 0 Å². The van der Waals surface area contributed by atoms with Crippen LogP contribution in [0.1, 0.15) is 19.4 Å². The Morgan fingerprint density at radius 2 is 1.71 bits per heavy atom. The molecule has 3 heteroatoms. The van der Waals surface area contributed by atoms with Crippen molar-refractivity contribution in [2.24, 2.45) is 0 Å². The Morgan fingerprint density at radius 1 is 1.21 bits per heavy atom. The summed E-state index contributed by atoms with van der Waals surface area (Å²) in [4.78, 5) is 0. The van der Waals surface area contributed by atoms with Crippen LogP contribution < -0.4 is 4.74 Å². The fourth-order valence-electron chi connectivity index (χ4n) is 0.858. The molecule has 0 aromatic heterocycles. The number of rotatable bonds is 3. The Hall–Kier alpha value is -0.730. The smallest absolute Gasteiger partial charge is 0.119 e. The molecule has 14 heavy (non-hydrogen) atoms.